The van der Waals surface area contributed by atoms with E-state index in [2.05, 4.69) is 10.4 Å². The van der Waals surface area contributed by atoms with Gasteiger partial charge >= 0.3 is 0 Å². The number of carbonyl (C=O) groups is 1. The second kappa shape index (κ2) is 6.21. The van der Waals surface area contributed by atoms with E-state index >= 15 is 0 Å². The molecular weight excluding hydrogens is 326 g/mol. The molecule has 1 atom stereocenters. The number of rotatable bonds is 5. The summed E-state index contributed by atoms with van der Waals surface area (Å²) in [6.45, 7) is 2.29. The Morgan fingerprint density at radius 1 is 1.50 bits per heavy atom. The van der Waals surface area contributed by atoms with Gasteiger partial charge in [-0.3, -0.25) is 4.79 Å². The van der Waals surface area contributed by atoms with Crippen molar-refractivity contribution in [1.29, 1.82) is 0 Å². The summed E-state index contributed by atoms with van der Waals surface area (Å²) in [5, 5.41) is 7.41. The van der Waals surface area contributed by atoms with E-state index in [0.29, 0.717) is 18.8 Å². The first-order valence-electron chi connectivity index (χ1n) is 7.26. The van der Waals surface area contributed by atoms with E-state index in [1.165, 1.54) is 0 Å². The van der Waals surface area contributed by atoms with Gasteiger partial charge in [-0.1, -0.05) is 0 Å². The van der Waals surface area contributed by atoms with Crippen LogP contribution in [0.15, 0.2) is 0 Å². The number of anilines is 1. The molecule has 9 heteroatoms. The summed E-state index contributed by atoms with van der Waals surface area (Å²) in [7, 11) is -3.00. The van der Waals surface area contributed by atoms with Crippen molar-refractivity contribution in [1.82, 2.24) is 9.78 Å². The molecule has 0 aromatic carbocycles. The molecule has 1 aromatic rings. The summed E-state index contributed by atoms with van der Waals surface area (Å²) >= 11 is 1.74. The quantitative estimate of drug-likeness (QED) is 0.855. The summed E-state index contributed by atoms with van der Waals surface area (Å²) in [6, 6.07) is -0.192. The molecule has 1 aromatic heterocycles. The highest BCUT2D eigenvalue weighted by atomic mass is 32.2. The Morgan fingerprint density at radius 3 is 3.00 bits per heavy atom. The van der Waals surface area contributed by atoms with Crippen molar-refractivity contribution in [2.75, 3.05) is 30.0 Å². The monoisotopic (exact) mass is 345 g/mol. The van der Waals surface area contributed by atoms with Gasteiger partial charge in [-0.25, -0.2) is 13.1 Å². The normalized spacial score (nSPS) is 22.7. The molecule has 3 heterocycles. The zero-order valence-corrected chi connectivity index (χ0v) is 14.0. The van der Waals surface area contributed by atoms with Crippen molar-refractivity contribution < 1.29 is 17.9 Å². The lowest BCUT2D eigenvalue weighted by Gasteiger charge is -2.15. The molecule has 3 rings (SSSR count). The summed E-state index contributed by atoms with van der Waals surface area (Å²) in [5.74, 6) is 2.28. The molecule has 122 valence electrons. The van der Waals surface area contributed by atoms with Gasteiger partial charge in [0, 0.05) is 23.7 Å². The Kier molecular flexibility index (Phi) is 4.47. The van der Waals surface area contributed by atoms with E-state index < -0.39 is 9.84 Å². The largest absolute Gasteiger partial charge is 0.372 e. The fourth-order valence-corrected chi connectivity index (χ4v) is 5.49. The predicted octanol–water partition coefficient (Wildman–Crippen LogP) is 0.964. The predicted molar refractivity (Wildman–Crippen MR) is 84.7 cm³/mol. The Labute approximate surface area is 133 Å². The first kappa shape index (κ1) is 15.8. The van der Waals surface area contributed by atoms with Gasteiger partial charge in [-0.05, 0) is 13.3 Å². The van der Waals surface area contributed by atoms with Crippen LogP contribution in [0.1, 0.15) is 30.6 Å². The molecule has 0 aliphatic carbocycles. The number of nitrogens with zero attached hydrogens (tertiary/aromatic N) is 2. The summed E-state index contributed by atoms with van der Waals surface area (Å²) in [6.07, 6.45) is 0.546. The molecule has 0 bridgehead atoms. The van der Waals surface area contributed by atoms with Gasteiger partial charge in [0.25, 0.3) is 5.91 Å². The number of hydrogen-bond acceptors (Lipinski definition) is 6. The fourth-order valence-electron chi connectivity index (χ4n) is 2.76. The van der Waals surface area contributed by atoms with Gasteiger partial charge in [0.1, 0.15) is 12.4 Å². The van der Waals surface area contributed by atoms with Crippen LogP contribution in [0.4, 0.5) is 5.82 Å². The lowest BCUT2D eigenvalue weighted by Crippen LogP contribution is -2.23. The van der Waals surface area contributed by atoms with Gasteiger partial charge in [-0.15, -0.1) is 0 Å². The van der Waals surface area contributed by atoms with Crippen molar-refractivity contribution in [2.45, 2.75) is 30.9 Å². The standard InChI is InChI=1S/C13H19N3O4S2/c1-2-20-5-12(17)14-13-10-6-21-7-11(10)15-16(13)9-3-4-22(18,19)8-9/h9H,2-8H2,1H3,(H,14,17). The molecule has 0 radical (unpaired) electrons. The van der Waals surface area contributed by atoms with Crippen LogP contribution < -0.4 is 5.32 Å². The van der Waals surface area contributed by atoms with Crippen LogP contribution in [0.25, 0.3) is 0 Å². The summed E-state index contributed by atoms with van der Waals surface area (Å²) in [5.41, 5.74) is 1.96. The number of amides is 1. The molecule has 1 fully saturated rings. The maximum Gasteiger partial charge on any atom is 0.251 e. The first-order chi connectivity index (χ1) is 10.5. The van der Waals surface area contributed by atoms with E-state index in [4.69, 9.17) is 4.74 Å². The number of carbonyl (C=O) groups excluding carboxylic acids is 1. The third-order valence-corrected chi connectivity index (χ3v) is 6.55. The average molecular weight is 345 g/mol. The van der Waals surface area contributed by atoms with Crippen molar-refractivity contribution in [2.24, 2.45) is 0 Å². The zero-order chi connectivity index (χ0) is 15.7. The topological polar surface area (TPSA) is 90.3 Å². The first-order valence-corrected chi connectivity index (χ1v) is 10.2. The molecule has 1 saturated heterocycles. The molecule has 2 aliphatic rings. The Hall–Kier alpha value is -1.06. The molecule has 0 spiro atoms. The van der Waals surface area contributed by atoms with Gasteiger partial charge < -0.3 is 10.1 Å². The number of ether oxygens (including phenoxy) is 1. The molecule has 1 unspecified atom stereocenters. The Balaban J connectivity index is 1.86. The minimum atomic E-state index is -3.00. The number of aromatic nitrogens is 2. The van der Waals surface area contributed by atoms with Crippen molar-refractivity contribution in [3.05, 3.63) is 11.3 Å². The van der Waals surface area contributed by atoms with Gasteiger partial charge in [-0.2, -0.15) is 16.9 Å². The van der Waals surface area contributed by atoms with Crippen LogP contribution in [-0.2, 0) is 30.9 Å². The number of fused-ring (bicyclic) bond motifs is 1. The van der Waals surface area contributed by atoms with Crippen molar-refractivity contribution in [3.63, 3.8) is 0 Å². The Morgan fingerprint density at radius 2 is 2.32 bits per heavy atom. The van der Waals surface area contributed by atoms with Crippen molar-refractivity contribution in [3.8, 4) is 0 Å². The van der Waals surface area contributed by atoms with E-state index in [-0.39, 0.29) is 30.1 Å². The smallest absolute Gasteiger partial charge is 0.251 e. The third kappa shape index (κ3) is 3.16. The molecule has 0 saturated carbocycles. The SMILES string of the molecule is CCOCC(=O)Nc1c2c(nn1C1CCS(=O)(=O)C1)CSC2. The minimum absolute atomic E-state index is 0.00738. The lowest BCUT2D eigenvalue weighted by atomic mass is 10.2. The molecular formula is C13H19N3O4S2. The van der Waals surface area contributed by atoms with Crippen LogP contribution in [0.2, 0.25) is 0 Å². The fraction of sp³-hybridized carbons (Fsp3) is 0.692. The Bertz CT molecular complexity index is 684. The van der Waals surface area contributed by atoms with E-state index in [1.54, 1.807) is 16.4 Å². The second-order valence-electron chi connectivity index (χ2n) is 5.45. The highest BCUT2D eigenvalue weighted by molar-refractivity contribution is 7.98. The van der Waals surface area contributed by atoms with Crippen LogP contribution in [0.3, 0.4) is 0 Å². The van der Waals surface area contributed by atoms with Crippen LogP contribution in [-0.4, -0.2) is 48.8 Å². The van der Waals surface area contributed by atoms with E-state index in [0.717, 1.165) is 22.8 Å². The number of nitrogens with one attached hydrogen (secondary N) is 1. The molecule has 22 heavy (non-hydrogen) atoms. The maximum absolute atomic E-state index is 12.0. The molecule has 2 aliphatic heterocycles. The van der Waals surface area contributed by atoms with E-state index in [9.17, 15) is 13.2 Å². The zero-order valence-electron chi connectivity index (χ0n) is 12.4. The van der Waals surface area contributed by atoms with Crippen LogP contribution >= 0.6 is 11.8 Å². The number of sulfone groups is 1. The summed E-state index contributed by atoms with van der Waals surface area (Å²) in [4.78, 5) is 12.0. The maximum atomic E-state index is 12.0. The lowest BCUT2D eigenvalue weighted by molar-refractivity contribution is -0.120. The van der Waals surface area contributed by atoms with Crippen LogP contribution in [0.5, 0.6) is 0 Å². The third-order valence-electron chi connectivity index (χ3n) is 3.83. The highest BCUT2D eigenvalue weighted by Gasteiger charge is 2.34. The van der Waals surface area contributed by atoms with Gasteiger partial charge in [0.2, 0.25) is 0 Å². The van der Waals surface area contributed by atoms with Gasteiger partial charge in [0.15, 0.2) is 9.84 Å². The van der Waals surface area contributed by atoms with Gasteiger partial charge in [0.05, 0.1) is 23.2 Å². The molecule has 1 amide bonds. The second-order valence-corrected chi connectivity index (χ2v) is 8.67. The van der Waals surface area contributed by atoms with Crippen molar-refractivity contribution >= 4 is 33.3 Å². The number of thioether (sulfide) groups is 1. The van der Waals surface area contributed by atoms with E-state index in [1.807, 2.05) is 6.92 Å². The molecule has 1 N–H and O–H groups in total. The van der Waals surface area contributed by atoms with Crippen LogP contribution in [0, 0.1) is 0 Å². The number of hydrogen-bond donors (Lipinski definition) is 1. The average Bonchev–Trinajstić information content (AvgIpc) is 3.12. The molecule has 7 nitrogen and oxygen atoms in total. The highest BCUT2D eigenvalue weighted by Crippen LogP contribution is 2.37. The minimum Gasteiger partial charge on any atom is -0.372 e. The summed E-state index contributed by atoms with van der Waals surface area (Å²) < 4.78 is 30.2.